The lowest BCUT2D eigenvalue weighted by molar-refractivity contribution is -0.130. The van der Waals surface area contributed by atoms with Crippen LogP contribution < -0.4 is 20.3 Å². The normalized spacial score (nSPS) is 10.0. The second-order valence-electron chi connectivity index (χ2n) is 5.55. The number of hydrogen-bond acceptors (Lipinski definition) is 4. The molecule has 6 nitrogen and oxygen atoms in total. The number of methoxy groups -OCH3 is 1. The van der Waals surface area contributed by atoms with Crippen molar-refractivity contribution in [2.24, 2.45) is 0 Å². The van der Waals surface area contributed by atoms with Crippen LogP contribution in [0.25, 0.3) is 0 Å². The molecule has 2 aromatic rings. The summed E-state index contributed by atoms with van der Waals surface area (Å²) in [7, 11) is 1.60. The Morgan fingerprint density at radius 3 is 2.36 bits per heavy atom. The van der Waals surface area contributed by atoms with Crippen LogP contribution in [0.5, 0.6) is 11.5 Å². The van der Waals surface area contributed by atoms with E-state index in [1.165, 1.54) is 0 Å². The third kappa shape index (κ3) is 6.55. The maximum absolute atomic E-state index is 11.8. The summed E-state index contributed by atoms with van der Waals surface area (Å²) in [5.74, 6) is 0.703. The predicted octanol–water partition coefficient (Wildman–Crippen LogP) is 2.16. The highest BCUT2D eigenvalue weighted by Gasteiger charge is 2.06. The number of aryl methyl sites for hydroxylation is 2. The fourth-order valence-electron chi connectivity index (χ4n) is 2.14. The second kappa shape index (κ2) is 9.32. The third-order valence-corrected chi connectivity index (χ3v) is 3.50. The molecule has 0 aliphatic heterocycles. The van der Waals surface area contributed by atoms with Crippen LogP contribution >= 0.6 is 0 Å². The number of benzene rings is 2. The minimum atomic E-state index is -0.417. The highest BCUT2D eigenvalue weighted by molar-refractivity contribution is 5.82. The standard InChI is InChI=1S/C19H22N2O4/c1-14-4-3-5-17(12-14)25-13-19(23)21-20-18(22)11-8-15-6-9-16(24-2)10-7-15/h3-7,9-10,12H,8,11,13H2,1-2H3,(H,20,22)(H,21,23). The van der Waals surface area contributed by atoms with E-state index in [1.54, 1.807) is 13.2 Å². The number of hydrazine groups is 1. The van der Waals surface area contributed by atoms with Crippen molar-refractivity contribution >= 4 is 11.8 Å². The van der Waals surface area contributed by atoms with Gasteiger partial charge in [0.2, 0.25) is 5.91 Å². The van der Waals surface area contributed by atoms with Gasteiger partial charge in [-0.2, -0.15) is 0 Å². The molecule has 25 heavy (non-hydrogen) atoms. The van der Waals surface area contributed by atoms with E-state index < -0.39 is 5.91 Å². The number of hydrogen-bond donors (Lipinski definition) is 2. The first-order valence-corrected chi connectivity index (χ1v) is 7.97. The van der Waals surface area contributed by atoms with Gasteiger partial charge in [0.1, 0.15) is 11.5 Å². The minimum absolute atomic E-state index is 0.164. The highest BCUT2D eigenvalue weighted by Crippen LogP contribution is 2.13. The number of rotatable bonds is 7. The van der Waals surface area contributed by atoms with Crippen LogP contribution in [0.2, 0.25) is 0 Å². The summed E-state index contributed by atoms with van der Waals surface area (Å²) in [4.78, 5) is 23.5. The molecule has 0 fully saturated rings. The molecule has 2 rings (SSSR count). The molecule has 132 valence electrons. The lowest BCUT2D eigenvalue weighted by Crippen LogP contribution is -2.43. The van der Waals surface area contributed by atoms with Gasteiger partial charge in [0.05, 0.1) is 7.11 Å². The Kier molecular flexibility index (Phi) is 6.83. The summed E-state index contributed by atoms with van der Waals surface area (Å²) >= 11 is 0. The van der Waals surface area contributed by atoms with E-state index in [0.717, 1.165) is 16.9 Å². The molecule has 0 unspecified atom stereocenters. The van der Waals surface area contributed by atoms with Gasteiger partial charge < -0.3 is 9.47 Å². The van der Waals surface area contributed by atoms with Crippen LogP contribution in [0, 0.1) is 6.92 Å². The van der Waals surface area contributed by atoms with Gasteiger partial charge in [0, 0.05) is 6.42 Å². The topological polar surface area (TPSA) is 76.7 Å². The molecule has 0 saturated carbocycles. The molecule has 2 amide bonds. The zero-order chi connectivity index (χ0) is 18.1. The van der Waals surface area contributed by atoms with Gasteiger partial charge >= 0.3 is 0 Å². The van der Waals surface area contributed by atoms with Crippen molar-refractivity contribution < 1.29 is 19.1 Å². The van der Waals surface area contributed by atoms with Crippen molar-refractivity contribution in [3.05, 3.63) is 59.7 Å². The Balaban J connectivity index is 1.65. The Morgan fingerprint density at radius 1 is 0.960 bits per heavy atom. The zero-order valence-electron chi connectivity index (χ0n) is 14.4. The van der Waals surface area contributed by atoms with E-state index in [9.17, 15) is 9.59 Å². The van der Waals surface area contributed by atoms with Gasteiger partial charge in [-0.05, 0) is 48.7 Å². The van der Waals surface area contributed by atoms with E-state index in [4.69, 9.17) is 9.47 Å². The van der Waals surface area contributed by atoms with Crippen molar-refractivity contribution in [1.82, 2.24) is 10.9 Å². The molecule has 2 aromatic carbocycles. The van der Waals surface area contributed by atoms with Gasteiger partial charge in [-0.3, -0.25) is 20.4 Å². The van der Waals surface area contributed by atoms with Crippen molar-refractivity contribution in [2.75, 3.05) is 13.7 Å². The average molecular weight is 342 g/mol. The van der Waals surface area contributed by atoms with Crippen LogP contribution in [-0.2, 0) is 16.0 Å². The van der Waals surface area contributed by atoms with Gasteiger partial charge in [0.15, 0.2) is 6.61 Å². The second-order valence-corrected chi connectivity index (χ2v) is 5.55. The summed E-state index contributed by atoms with van der Waals surface area (Å²) in [6, 6.07) is 14.9. The van der Waals surface area contributed by atoms with Crippen LogP contribution in [0.3, 0.4) is 0 Å². The van der Waals surface area contributed by atoms with Gasteiger partial charge in [-0.1, -0.05) is 24.3 Å². The summed E-state index contributed by atoms with van der Waals surface area (Å²) < 4.78 is 10.4. The quantitative estimate of drug-likeness (QED) is 0.756. The van der Waals surface area contributed by atoms with Crippen LogP contribution in [-0.4, -0.2) is 25.5 Å². The molecule has 0 radical (unpaired) electrons. The molecular weight excluding hydrogens is 320 g/mol. The summed E-state index contributed by atoms with van der Waals surface area (Å²) in [5.41, 5.74) is 6.78. The van der Waals surface area contributed by atoms with Crippen LogP contribution in [0.4, 0.5) is 0 Å². The number of nitrogens with one attached hydrogen (secondary N) is 2. The van der Waals surface area contributed by atoms with Gasteiger partial charge in [0.25, 0.3) is 5.91 Å². The SMILES string of the molecule is COc1ccc(CCC(=O)NNC(=O)COc2cccc(C)c2)cc1. The lowest BCUT2D eigenvalue weighted by Gasteiger charge is -2.09. The summed E-state index contributed by atoms with van der Waals surface area (Å²) in [6.45, 7) is 1.78. The molecule has 0 spiro atoms. The molecular formula is C19H22N2O4. The lowest BCUT2D eigenvalue weighted by atomic mass is 10.1. The molecule has 2 N–H and O–H groups in total. The van der Waals surface area contributed by atoms with E-state index >= 15 is 0 Å². The van der Waals surface area contributed by atoms with Crippen LogP contribution in [0.15, 0.2) is 48.5 Å². The Bertz CT molecular complexity index is 714. The number of carbonyl (C=O) groups excluding carboxylic acids is 2. The van der Waals surface area contributed by atoms with Crippen molar-refractivity contribution in [3.63, 3.8) is 0 Å². The summed E-state index contributed by atoms with van der Waals surface area (Å²) in [5, 5.41) is 0. The minimum Gasteiger partial charge on any atom is -0.497 e. The Labute approximate surface area is 147 Å². The fourth-order valence-corrected chi connectivity index (χ4v) is 2.14. The number of ether oxygens (including phenoxy) is 2. The first-order chi connectivity index (χ1) is 12.1. The summed E-state index contributed by atoms with van der Waals surface area (Å²) in [6.07, 6.45) is 0.844. The zero-order valence-corrected chi connectivity index (χ0v) is 14.4. The van der Waals surface area contributed by atoms with E-state index in [0.29, 0.717) is 12.2 Å². The molecule has 0 atom stereocenters. The fraction of sp³-hybridized carbons (Fsp3) is 0.263. The average Bonchev–Trinajstić information content (AvgIpc) is 2.63. The van der Waals surface area contributed by atoms with Crippen molar-refractivity contribution in [3.8, 4) is 11.5 Å². The largest absolute Gasteiger partial charge is 0.497 e. The number of carbonyl (C=O) groups is 2. The highest BCUT2D eigenvalue weighted by atomic mass is 16.5. The Morgan fingerprint density at radius 2 is 1.68 bits per heavy atom. The first kappa shape index (κ1) is 18.3. The maximum Gasteiger partial charge on any atom is 0.276 e. The molecule has 0 heterocycles. The predicted molar refractivity (Wildman–Crippen MR) is 94.3 cm³/mol. The van der Waals surface area contributed by atoms with Crippen molar-refractivity contribution in [1.29, 1.82) is 0 Å². The molecule has 0 aliphatic carbocycles. The van der Waals surface area contributed by atoms with E-state index in [2.05, 4.69) is 10.9 Å². The molecule has 0 aliphatic rings. The monoisotopic (exact) mass is 342 g/mol. The smallest absolute Gasteiger partial charge is 0.276 e. The number of amides is 2. The molecule has 6 heteroatoms. The molecule has 0 bridgehead atoms. The van der Waals surface area contributed by atoms with E-state index in [1.807, 2.05) is 49.4 Å². The van der Waals surface area contributed by atoms with Gasteiger partial charge in [-0.25, -0.2) is 0 Å². The molecule has 0 aromatic heterocycles. The maximum atomic E-state index is 11.8. The Hall–Kier alpha value is -3.02. The van der Waals surface area contributed by atoms with E-state index in [-0.39, 0.29) is 18.9 Å². The van der Waals surface area contributed by atoms with Crippen LogP contribution in [0.1, 0.15) is 17.5 Å². The van der Waals surface area contributed by atoms with Gasteiger partial charge in [-0.15, -0.1) is 0 Å². The van der Waals surface area contributed by atoms with Crippen molar-refractivity contribution in [2.45, 2.75) is 19.8 Å². The first-order valence-electron chi connectivity index (χ1n) is 7.97. The third-order valence-electron chi connectivity index (χ3n) is 3.50. The molecule has 0 saturated heterocycles.